The van der Waals surface area contributed by atoms with Gasteiger partial charge in [0.2, 0.25) is 0 Å². The van der Waals surface area contributed by atoms with Crippen molar-refractivity contribution in [1.82, 2.24) is 0 Å². The number of aromatic hydroxyl groups is 1. The van der Waals surface area contributed by atoms with E-state index in [0.29, 0.717) is 0 Å². The first-order chi connectivity index (χ1) is 6.15. The van der Waals surface area contributed by atoms with Crippen molar-refractivity contribution in [1.29, 1.82) is 0 Å². The van der Waals surface area contributed by atoms with E-state index in [1.54, 1.807) is 0 Å². The molecule has 0 bridgehead atoms. The highest BCUT2D eigenvalue weighted by Crippen LogP contribution is 2.19. The van der Waals surface area contributed by atoms with Gasteiger partial charge < -0.3 is 10.8 Å². The van der Waals surface area contributed by atoms with Gasteiger partial charge >= 0.3 is 0 Å². The van der Waals surface area contributed by atoms with Crippen LogP contribution in [0.15, 0.2) is 12.1 Å². The summed E-state index contributed by atoms with van der Waals surface area (Å²) in [6, 6.07) is 1.94. The highest BCUT2D eigenvalue weighted by molar-refractivity contribution is 5.40. The third-order valence-corrected chi connectivity index (χ3v) is 1.34. The van der Waals surface area contributed by atoms with Gasteiger partial charge in [-0.1, -0.05) is 11.8 Å². The molecule has 0 saturated heterocycles. The molecule has 13 heavy (non-hydrogen) atoms. The topological polar surface area (TPSA) is 46.2 Å². The largest absolute Gasteiger partial charge is 0.505 e. The third kappa shape index (κ3) is 2.17. The van der Waals surface area contributed by atoms with Gasteiger partial charge in [0.05, 0.1) is 6.54 Å². The van der Waals surface area contributed by atoms with Crippen LogP contribution in [0.2, 0.25) is 0 Å². The van der Waals surface area contributed by atoms with Crippen LogP contribution in [0.4, 0.5) is 8.78 Å². The summed E-state index contributed by atoms with van der Waals surface area (Å²) in [7, 11) is 0. The summed E-state index contributed by atoms with van der Waals surface area (Å²) in [6.07, 6.45) is 0. The number of nitrogens with two attached hydrogens (primary N) is 1. The Hall–Kier alpha value is -1.60. The second-order valence-corrected chi connectivity index (χ2v) is 2.30. The standard InChI is InChI=1S/C9H7F2NO/c10-7-4-6(2-1-3-12)5-8(13)9(7)11/h4-5,13H,3,12H2. The zero-order valence-electron chi connectivity index (χ0n) is 6.64. The predicted octanol–water partition coefficient (Wildman–Crippen LogP) is 0.981. The average molecular weight is 183 g/mol. The van der Waals surface area contributed by atoms with Gasteiger partial charge in [-0.15, -0.1) is 0 Å². The lowest BCUT2D eigenvalue weighted by Gasteiger charge is -1.97. The first kappa shape index (κ1) is 9.49. The van der Waals surface area contributed by atoms with Crippen LogP contribution in [0, 0.1) is 23.5 Å². The minimum Gasteiger partial charge on any atom is -0.505 e. The molecule has 1 rings (SSSR count). The van der Waals surface area contributed by atoms with Crippen LogP contribution in [0.3, 0.4) is 0 Å². The molecule has 0 aliphatic heterocycles. The molecule has 68 valence electrons. The zero-order valence-corrected chi connectivity index (χ0v) is 6.64. The Balaban J connectivity index is 3.13. The number of hydrogen-bond donors (Lipinski definition) is 2. The van der Waals surface area contributed by atoms with E-state index in [4.69, 9.17) is 10.8 Å². The number of phenols is 1. The Morgan fingerprint density at radius 3 is 2.62 bits per heavy atom. The van der Waals surface area contributed by atoms with Crippen LogP contribution >= 0.6 is 0 Å². The number of phenolic OH excluding ortho intramolecular Hbond substituents is 1. The lowest BCUT2D eigenvalue weighted by atomic mass is 10.2. The van der Waals surface area contributed by atoms with E-state index in [2.05, 4.69) is 11.8 Å². The Kier molecular flexibility index (Phi) is 2.83. The Bertz CT molecular complexity index is 356. The number of hydrogen-bond acceptors (Lipinski definition) is 2. The van der Waals surface area contributed by atoms with Crippen LogP contribution in [0.25, 0.3) is 0 Å². The molecular formula is C9H7F2NO. The molecule has 0 radical (unpaired) electrons. The minimum absolute atomic E-state index is 0.125. The molecule has 0 aromatic heterocycles. The molecule has 3 N–H and O–H groups in total. The van der Waals surface area contributed by atoms with Crippen molar-refractivity contribution in [2.75, 3.05) is 6.54 Å². The molecule has 0 heterocycles. The van der Waals surface area contributed by atoms with E-state index >= 15 is 0 Å². The Morgan fingerprint density at radius 2 is 2.08 bits per heavy atom. The van der Waals surface area contributed by atoms with Gasteiger partial charge in [-0.2, -0.15) is 4.39 Å². The van der Waals surface area contributed by atoms with E-state index in [0.717, 1.165) is 12.1 Å². The first-order valence-electron chi connectivity index (χ1n) is 3.52. The monoisotopic (exact) mass is 183 g/mol. The van der Waals surface area contributed by atoms with Crippen LogP contribution in [-0.4, -0.2) is 11.7 Å². The second-order valence-electron chi connectivity index (χ2n) is 2.30. The maximum absolute atomic E-state index is 12.6. The van der Waals surface area contributed by atoms with Gasteiger partial charge in [-0.25, -0.2) is 4.39 Å². The summed E-state index contributed by atoms with van der Waals surface area (Å²) in [5.74, 6) is 1.79. The van der Waals surface area contributed by atoms with Gasteiger partial charge in [0.25, 0.3) is 0 Å². The van der Waals surface area contributed by atoms with Crippen molar-refractivity contribution < 1.29 is 13.9 Å². The lowest BCUT2D eigenvalue weighted by Crippen LogP contribution is -1.93. The normalized spacial score (nSPS) is 9.15. The molecule has 2 nitrogen and oxygen atoms in total. The summed E-state index contributed by atoms with van der Waals surface area (Å²) in [4.78, 5) is 0. The lowest BCUT2D eigenvalue weighted by molar-refractivity contribution is 0.407. The molecule has 0 saturated carbocycles. The van der Waals surface area contributed by atoms with E-state index in [1.165, 1.54) is 0 Å². The SMILES string of the molecule is NCC#Cc1cc(O)c(F)c(F)c1. The van der Waals surface area contributed by atoms with Crippen LogP contribution < -0.4 is 5.73 Å². The fraction of sp³-hybridized carbons (Fsp3) is 0.111. The molecule has 0 aliphatic carbocycles. The molecule has 0 atom stereocenters. The molecule has 0 unspecified atom stereocenters. The van der Waals surface area contributed by atoms with E-state index in [1.807, 2.05) is 0 Å². The molecule has 1 aromatic rings. The summed E-state index contributed by atoms with van der Waals surface area (Å²) < 4.78 is 25.2. The van der Waals surface area contributed by atoms with Gasteiger partial charge in [0.1, 0.15) is 0 Å². The Morgan fingerprint density at radius 1 is 1.38 bits per heavy atom. The van der Waals surface area contributed by atoms with Gasteiger partial charge in [-0.05, 0) is 12.1 Å². The zero-order chi connectivity index (χ0) is 9.84. The van der Waals surface area contributed by atoms with Crippen molar-refractivity contribution in [3.63, 3.8) is 0 Å². The van der Waals surface area contributed by atoms with E-state index < -0.39 is 17.4 Å². The van der Waals surface area contributed by atoms with Crippen LogP contribution in [0.1, 0.15) is 5.56 Å². The summed E-state index contributed by atoms with van der Waals surface area (Å²) in [5.41, 5.74) is 5.27. The van der Waals surface area contributed by atoms with Gasteiger partial charge in [-0.3, -0.25) is 0 Å². The maximum Gasteiger partial charge on any atom is 0.200 e. The average Bonchev–Trinajstić information content (AvgIpc) is 2.10. The van der Waals surface area contributed by atoms with Gasteiger partial charge in [0.15, 0.2) is 17.4 Å². The molecular weight excluding hydrogens is 176 g/mol. The summed E-state index contributed by atoms with van der Waals surface area (Å²) in [6.45, 7) is 0.125. The molecule has 0 spiro atoms. The fourth-order valence-electron chi connectivity index (χ4n) is 0.800. The molecule has 0 amide bonds. The summed E-state index contributed by atoms with van der Waals surface area (Å²) in [5, 5.41) is 8.87. The number of halogens is 2. The van der Waals surface area contributed by atoms with Crippen molar-refractivity contribution in [3.8, 4) is 17.6 Å². The molecule has 1 aromatic carbocycles. The van der Waals surface area contributed by atoms with Crippen molar-refractivity contribution in [3.05, 3.63) is 29.3 Å². The van der Waals surface area contributed by atoms with Gasteiger partial charge in [0, 0.05) is 5.56 Å². The summed E-state index contributed by atoms with van der Waals surface area (Å²) >= 11 is 0. The first-order valence-corrected chi connectivity index (χ1v) is 3.52. The van der Waals surface area contributed by atoms with E-state index in [-0.39, 0.29) is 12.1 Å². The van der Waals surface area contributed by atoms with Crippen molar-refractivity contribution >= 4 is 0 Å². The quantitative estimate of drug-likeness (QED) is 0.589. The maximum atomic E-state index is 12.6. The van der Waals surface area contributed by atoms with Crippen molar-refractivity contribution in [2.24, 2.45) is 5.73 Å². The smallest absolute Gasteiger partial charge is 0.200 e. The third-order valence-electron chi connectivity index (χ3n) is 1.34. The van der Waals surface area contributed by atoms with E-state index in [9.17, 15) is 8.78 Å². The molecule has 0 aliphatic rings. The highest BCUT2D eigenvalue weighted by atomic mass is 19.2. The Labute approximate surface area is 74.0 Å². The predicted molar refractivity (Wildman–Crippen MR) is 44.0 cm³/mol. The minimum atomic E-state index is -1.27. The number of benzene rings is 1. The van der Waals surface area contributed by atoms with Crippen LogP contribution in [-0.2, 0) is 0 Å². The fourth-order valence-corrected chi connectivity index (χ4v) is 0.800. The van der Waals surface area contributed by atoms with Crippen molar-refractivity contribution in [2.45, 2.75) is 0 Å². The number of rotatable bonds is 0. The molecule has 4 heteroatoms. The second kappa shape index (κ2) is 3.87. The highest BCUT2D eigenvalue weighted by Gasteiger charge is 2.07. The van der Waals surface area contributed by atoms with Crippen LogP contribution in [0.5, 0.6) is 5.75 Å². The molecule has 0 fully saturated rings.